The lowest BCUT2D eigenvalue weighted by molar-refractivity contribution is -0.114. The lowest BCUT2D eigenvalue weighted by atomic mass is 10.1. The predicted octanol–water partition coefficient (Wildman–Crippen LogP) is 3.40. The third kappa shape index (κ3) is 2.20. The molecule has 0 radical (unpaired) electrons. The van der Waals surface area contributed by atoms with E-state index in [2.05, 4.69) is 46.1 Å². The molecule has 3 nitrogen and oxygen atoms in total. The average Bonchev–Trinajstić information content (AvgIpc) is 2.65. The highest BCUT2D eigenvalue weighted by Crippen LogP contribution is 2.40. The molecule has 1 aliphatic rings. The summed E-state index contributed by atoms with van der Waals surface area (Å²) < 4.78 is 1.05. The van der Waals surface area contributed by atoms with Gasteiger partial charge < -0.3 is 11.1 Å². The zero-order chi connectivity index (χ0) is 13.6. The normalized spacial score (nSPS) is 11.9. The summed E-state index contributed by atoms with van der Waals surface area (Å²) >= 11 is 2.25. The van der Waals surface area contributed by atoms with Gasteiger partial charge >= 0.3 is 0 Å². The molecule has 0 fully saturated rings. The van der Waals surface area contributed by atoms with Gasteiger partial charge in [0.1, 0.15) is 0 Å². The van der Waals surface area contributed by atoms with Crippen molar-refractivity contribution in [1.29, 1.82) is 0 Å². The number of nitrogens with one attached hydrogen (secondary N) is 1. The van der Waals surface area contributed by atoms with Crippen molar-refractivity contribution in [2.75, 3.05) is 11.1 Å². The zero-order valence-electron chi connectivity index (χ0n) is 10.5. The number of carbonyl (C=O) groups is 1. The smallest absolute Gasteiger partial charge is 0.221 e. The van der Waals surface area contributed by atoms with Crippen LogP contribution in [0.5, 0.6) is 0 Å². The molecule has 2 aromatic rings. The molecular weight excluding hydrogens is 351 g/mol. The second-order valence-electron chi connectivity index (χ2n) is 4.76. The predicted molar refractivity (Wildman–Crippen MR) is 86.1 cm³/mol. The zero-order valence-corrected chi connectivity index (χ0v) is 12.6. The third-order valence-corrected chi connectivity index (χ3v) is 4.20. The summed E-state index contributed by atoms with van der Waals surface area (Å²) in [5, 5.41) is 2.87. The second-order valence-corrected chi connectivity index (χ2v) is 5.93. The molecule has 19 heavy (non-hydrogen) atoms. The van der Waals surface area contributed by atoms with Crippen LogP contribution >= 0.6 is 22.6 Å². The van der Waals surface area contributed by atoms with Crippen LogP contribution in [0.2, 0.25) is 0 Å². The molecule has 1 amide bonds. The summed E-state index contributed by atoms with van der Waals surface area (Å²) in [7, 11) is 0. The molecule has 4 heteroatoms. The van der Waals surface area contributed by atoms with Crippen LogP contribution in [-0.4, -0.2) is 5.91 Å². The van der Waals surface area contributed by atoms with E-state index >= 15 is 0 Å². The number of fused-ring (bicyclic) bond motifs is 3. The Kier molecular flexibility index (Phi) is 2.97. The summed E-state index contributed by atoms with van der Waals surface area (Å²) in [5.41, 5.74) is 12.5. The molecule has 0 saturated carbocycles. The van der Waals surface area contributed by atoms with Crippen LogP contribution in [0.15, 0.2) is 30.3 Å². The summed E-state index contributed by atoms with van der Waals surface area (Å²) in [5.74, 6) is -0.0439. The van der Waals surface area contributed by atoms with Crippen molar-refractivity contribution in [2.45, 2.75) is 13.3 Å². The molecule has 3 N–H and O–H groups in total. The van der Waals surface area contributed by atoms with Crippen LogP contribution in [-0.2, 0) is 11.2 Å². The Morgan fingerprint density at radius 2 is 1.95 bits per heavy atom. The molecule has 2 aromatic carbocycles. The first-order valence-electron chi connectivity index (χ1n) is 6.03. The highest BCUT2D eigenvalue weighted by atomic mass is 127. The number of amides is 1. The Labute approximate surface area is 125 Å². The highest BCUT2D eigenvalue weighted by molar-refractivity contribution is 14.1. The molecule has 0 unspecified atom stereocenters. The number of halogens is 1. The number of nitrogens with two attached hydrogens (primary N) is 1. The SMILES string of the molecule is CC(=O)Nc1cc2c(cc1I)-c1ccc(N)cc1C2. The monoisotopic (exact) mass is 364 g/mol. The van der Waals surface area contributed by atoms with Crippen molar-refractivity contribution in [1.82, 2.24) is 0 Å². The Morgan fingerprint density at radius 3 is 2.68 bits per heavy atom. The van der Waals surface area contributed by atoms with E-state index in [0.29, 0.717) is 0 Å². The number of hydrogen-bond donors (Lipinski definition) is 2. The van der Waals surface area contributed by atoms with Crippen molar-refractivity contribution >= 4 is 39.9 Å². The summed E-state index contributed by atoms with van der Waals surface area (Å²) in [6.45, 7) is 1.53. The van der Waals surface area contributed by atoms with Gasteiger partial charge in [0.25, 0.3) is 0 Å². The first-order valence-corrected chi connectivity index (χ1v) is 7.11. The summed E-state index contributed by atoms with van der Waals surface area (Å²) in [4.78, 5) is 11.2. The molecule has 3 rings (SSSR count). The van der Waals surface area contributed by atoms with Crippen LogP contribution in [0.1, 0.15) is 18.1 Å². The first-order chi connectivity index (χ1) is 9.04. The maximum absolute atomic E-state index is 11.2. The van der Waals surface area contributed by atoms with Gasteiger partial charge in [0.15, 0.2) is 0 Å². The number of anilines is 2. The van der Waals surface area contributed by atoms with E-state index in [-0.39, 0.29) is 5.91 Å². The van der Waals surface area contributed by atoms with Crippen molar-refractivity contribution in [2.24, 2.45) is 0 Å². The van der Waals surface area contributed by atoms with Crippen molar-refractivity contribution < 1.29 is 4.79 Å². The lowest BCUT2D eigenvalue weighted by Gasteiger charge is -2.09. The molecule has 0 aromatic heterocycles. The minimum atomic E-state index is -0.0439. The molecule has 0 spiro atoms. The molecule has 0 atom stereocenters. The number of rotatable bonds is 1. The van der Waals surface area contributed by atoms with Crippen molar-refractivity contribution in [3.8, 4) is 11.1 Å². The lowest BCUT2D eigenvalue weighted by Crippen LogP contribution is -2.07. The van der Waals surface area contributed by atoms with E-state index in [9.17, 15) is 4.79 Å². The largest absolute Gasteiger partial charge is 0.399 e. The molecule has 0 saturated heterocycles. The molecule has 0 bridgehead atoms. The Balaban J connectivity index is 2.10. The minimum Gasteiger partial charge on any atom is -0.399 e. The van der Waals surface area contributed by atoms with E-state index < -0.39 is 0 Å². The van der Waals surface area contributed by atoms with Crippen molar-refractivity contribution in [3.05, 3.63) is 45.0 Å². The Hall–Kier alpha value is -1.56. The number of nitrogen functional groups attached to an aromatic ring is 1. The number of hydrogen-bond acceptors (Lipinski definition) is 2. The molecule has 96 valence electrons. The van der Waals surface area contributed by atoms with Gasteiger partial charge in [0.2, 0.25) is 5.91 Å². The van der Waals surface area contributed by atoms with E-state index in [1.54, 1.807) is 0 Å². The average molecular weight is 364 g/mol. The first kappa shape index (κ1) is 12.5. The van der Waals surface area contributed by atoms with Crippen LogP contribution in [0.3, 0.4) is 0 Å². The molecule has 0 aliphatic heterocycles. The molecule has 0 heterocycles. The maximum atomic E-state index is 11.2. The maximum Gasteiger partial charge on any atom is 0.221 e. The standard InChI is InChI=1S/C15H13IN2O/c1-8(19)18-15-6-10-4-9-5-11(17)2-3-12(9)13(10)7-14(15)16/h2-3,5-7H,4,17H2,1H3,(H,18,19). The topological polar surface area (TPSA) is 55.1 Å². The van der Waals surface area contributed by atoms with Crippen LogP contribution in [0.4, 0.5) is 11.4 Å². The fourth-order valence-corrected chi connectivity index (χ4v) is 3.13. The Morgan fingerprint density at radius 1 is 1.21 bits per heavy atom. The van der Waals surface area contributed by atoms with Crippen LogP contribution in [0.25, 0.3) is 11.1 Å². The van der Waals surface area contributed by atoms with E-state index in [0.717, 1.165) is 21.4 Å². The van der Waals surface area contributed by atoms with Gasteiger partial charge in [-0.25, -0.2) is 0 Å². The Bertz CT molecular complexity index is 695. The number of carbonyl (C=O) groups excluding carboxylic acids is 1. The van der Waals surface area contributed by atoms with E-state index in [1.165, 1.54) is 29.2 Å². The van der Waals surface area contributed by atoms with Gasteiger partial charge in [0.05, 0.1) is 5.69 Å². The van der Waals surface area contributed by atoms with Crippen LogP contribution < -0.4 is 11.1 Å². The van der Waals surface area contributed by atoms with Crippen molar-refractivity contribution in [3.63, 3.8) is 0 Å². The minimum absolute atomic E-state index is 0.0439. The second kappa shape index (κ2) is 4.52. The van der Waals surface area contributed by atoms with Gasteiger partial charge in [-0.05, 0) is 75.5 Å². The number of benzene rings is 2. The molecule has 1 aliphatic carbocycles. The van der Waals surface area contributed by atoms with Gasteiger partial charge in [-0.1, -0.05) is 6.07 Å². The fraction of sp³-hybridized carbons (Fsp3) is 0.133. The van der Waals surface area contributed by atoms with Crippen LogP contribution in [0, 0.1) is 3.57 Å². The van der Waals surface area contributed by atoms with E-state index in [4.69, 9.17) is 5.73 Å². The van der Waals surface area contributed by atoms with Gasteiger partial charge in [-0.2, -0.15) is 0 Å². The third-order valence-electron chi connectivity index (χ3n) is 3.30. The highest BCUT2D eigenvalue weighted by Gasteiger charge is 2.20. The van der Waals surface area contributed by atoms with Gasteiger partial charge in [-0.3, -0.25) is 4.79 Å². The summed E-state index contributed by atoms with van der Waals surface area (Å²) in [6, 6.07) is 10.2. The summed E-state index contributed by atoms with van der Waals surface area (Å²) in [6.07, 6.45) is 0.874. The quantitative estimate of drug-likeness (QED) is 0.514. The van der Waals surface area contributed by atoms with E-state index in [1.807, 2.05) is 12.1 Å². The van der Waals surface area contributed by atoms with Gasteiger partial charge in [0, 0.05) is 16.2 Å². The fourth-order valence-electron chi connectivity index (χ4n) is 2.53. The van der Waals surface area contributed by atoms with Gasteiger partial charge in [-0.15, -0.1) is 0 Å². The molecular formula is C15H13IN2O.